The maximum atomic E-state index is 12.4. The molecule has 0 radical (unpaired) electrons. The molecule has 4 heterocycles. The van der Waals surface area contributed by atoms with Crippen LogP contribution < -0.4 is 10.2 Å². The maximum absolute atomic E-state index is 12.4. The standard InChI is InChI=1S/C18H23N7O2/c1-3-13-24-11(2)15(27-13)18(26)19-7-12-5-4-6-25(8-12)17-14-16(21-9-20-14)22-10-23-17/h9-10,12H,3-8H2,1-2H3,(H,19,26)(H,20,21,22,23). The van der Waals surface area contributed by atoms with E-state index in [4.69, 9.17) is 4.42 Å². The number of piperidine rings is 1. The lowest BCUT2D eigenvalue weighted by molar-refractivity contribution is 0.0915. The number of amides is 1. The van der Waals surface area contributed by atoms with Crippen LogP contribution in [-0.2, 0) is 6.42 Å². The molecule has 0 aliphatic carbocycles. The van der Waals surface area contributed by atoms with Gasteiger partial charge in [-0.3, -0.25) is 4.79 Å². The summed E-state index contributed by atoms with van der Waals surface area (Å²) in [6, 6.07) is 0. The van der Waals surface area contributed by atoms with E-state index in [1.165, 1.54) is 0 Å². The van der Waals surface area contributed by atoms with Gasteiger partial charge in [0.2, 0.25) is 5.76 Å². The van der Waals surface area contributed by atoms with Gasteiger partial charge in [0.05, 0.1) is 12.0 Å². The lowest BCUT2D eigenvalue weighted by atomic mass is 9.98. The highest BCUT2D eigenvalue weighted by atomic mass is 16.4. The monoisotopic (exact) mass is 369 g/mol. The average molecular weight is 369 g/mol. The van der Waals surface area contributed by atoms with E-state index in [2.05, 4.69) is 35.1 Å². The Kier molecular flexibility index (Phi) is 4.74. The van der Waals surface area contributed by atoms with Gasteiger partial charge in [-0.15, -0.1) is 0 Å². The second kappa shape index (κ2) is 7.34. The fourth-order valence-electron chi connectivity index (χ4n) is 3.55. The number of nitrogens with one attached hydrogen (secondary N) is 2. The van der Waals surface area contributed by atoms with Gasteiger partial charge < -0.3 is 19.6 Å². The Morgan fingerprint density at radius 3 is 3.11 bits per heavy atom. The fourth-order valence-corrected chi connectivity index (χ4v) is 3.55. The Labute approximate surface area is 156 Å². The molecule has 0 bridgehead atoms. The zero-order chi connectivity index (χ0) is 18.8. The Hall–Kier alpha value is -2.97. The van der Waals surface area contributed by atoms with Crippen molar-refractivity contribution in [2.24, 2.45) is 5.92 Å². The van der Waals surface area contributed by atoms with Crippen LogP contribution in [0.25, 0.3) is 11.2 Å². The van der Waals surface area contributed by atoms with Gasteiger partial charge in [0.15, 0.2) is 17.4 Å². The number of imidazole rings is 1. The second-order valence-corrected chi connectivity index (χ2v) is 6.84. The van der Waals surface area contributed by atoms with Crippen LogP contribution >= 0.6 is 0 Å². The largest absolute Gasteiger partial charge is 0.435 e. The molecule has 1 unspecified atom stereocenters. The van der Waals surface area contributed by atoms with Crippen molar-refractivity contribution in [2.45, 2.75) is 33.1 Å². The number of hydrogen-bond donors (Lipinski definition) is 2. The molecule has 0 aromatic carbocycles. The van der Waals surface area contributed by atoms with Crippen molar-refractivity contribution in [3.63, 3.8) is 0 Å². The van der Waals surface area contributed by atoms with Crippen LogP contribution in [0.2, 0.25) is 0 Å². The van der Waals surface area contributed by atoms with E-state index in [0.717, 1.165) is 37.3 Å². The van der Waals surface area contributed by atoms with E-state index in [1.807, 2.05) is 6.92 Å². The molecule has 9 nitrogen and oxygen atoms in total. The van der Waals surface area contributed by atoms with Crippen molar-refractivity contribution in [1.82, 2.24) is 30.2 Å². The number of H-pyrrole nitrogens is 1. The number of carbonyl (C=O) groups excluding carboxylic acids is 1. The fraction of sp³-hybridized carbons (Fsp3) is 0.500. The molecule has 1 atom stereocenters. The number of hydrogen-bond acceptors (Lipinski definition) is 7. The summed E-state index contributed by atoms with van der Waals surface area (Å²) in [7, 11) is 0. The molecule has 0 saturated carbocycles. The van der Waals surface area contributed by atoms with Gasteiger partial charge in [0.1, 0.15) is 11.8 Å². The van der Waals surface area contributed by atoms with Gasteiger partial charge in [0.25, 0.3) is 5.91 Å². The third kappa shape index (κ3) is 3.49. The number of anilines is 1. The first kappa shape index (κ1) is 17.4. The molecule has 3 aromatic heterocycles. The van der Waals surface area contributed by atoms with Gasteiger partial charge in [-0.2, -0.15) is 0 Å². The van der Waals surface area contributed by atoms with Crippen molar-refractivity contribution in [3.05, 3.63) is 30.0 Å². The number of rotatable bonds is 5. The predicted molar refractivity (Wildman–Crippen MR) is 99.6 cm³/mol. The van der Waals surface area contributed by atoms with Crippen molar-refractivity contribution in [3.8, 4) is 0 Å². The quantitative estimate of drug-likeness (QED) is 0.706. The third-order valence-corrected chi connectivity index (χ3v) is 4.92. The van der Waals surface area contributed by atoms with Crippen LogP contribution in [0.5, 0.6) is 0 Å². The minimum Gasteiger partial charge on any atom is -0.435 e. The van der Waals surface area contributed by atoms with Crippen LogP contribution in [0.3, 0.4) is 0 Å². The summed E-state index contributed by atoms with van der Waals surface area (Å²) in [5, 5.41) is 3.00. The SMILES string of the molecule is CCc1nc(C)c(C(=O)NCC2CCCN(c3ncnc4nc[nH]c34)C2)o1. The van der Waals surface area contributed by atoms with Gasteiger partial charge in [-0.1, -0.05) is 6.92 Å². The third-order valence-electron chi connectivity index (χ3n) is 4.92. The maximum Gasteiger partial charge on any atom is 0.289 e. The number of aromatic amines is 1. The lowest BCUT2D eigenvalue weighted by Crippen LogP contribution is -2.41. The molecule has 3 aromatic rings. The van der Waals surface area contributed by atoms with Crippen molar-refractivity contribution in [1.29, 1.82) is 0 Å². The minimum atomic E-state index is -0.199. The number of oxazole rings is 1. The molecule has 9 heteroatoms. The average Bonchev–Trinajstić information content (AvgIpc) is 3.32. The van der Waals surface area contributed by atoms with E-state index < -0.39 is 0 Å². The summed E-state index contributed by atoms with van der Waals surface area (Å²) in [4.78, 5) is 34.9. The zero-order valence-corrected chi connectivity index (χ0v) is 15.5. The van der Waals surface area contributed by atoms with Gasteiger partial charge in [0, 0.05) is 26.1 Å². The van der Waals surface area contributed by atoms with Crippen molar-refractivity contribution < 1.29 is 9.21 Å². The topological polar surface area (TPSA) is 113 Å². The first-order valence-corrected chi connectivity index (χ1v) is 9.29. The molecular weight excluding hydrogens is 346 g/mol. The van der Waals surface area contributed by atoms with Crippen LogP contribution in [0.1, 0.15) is 41.9 Å². The zero-order valence-electron chi connectivity index (χ0n) is 15.5. The Bertz CT molecular complexity index is 948. The highest BCUT2D eigenvalue weighted by molar-refractivity contribution is 5.92. The smallest absolute Gasteiger partial charge is 0.289 e. The molecule has 1 fully saturated rings. The van der Waals surface area contributed by atoms with E-state index in [1.54, 1.807) is 19.6 Å². The van der Waals surface area contributed by atoms with Crippen LogP contribution in [-0.4, -0.2) is 50.5 Å². The van der Waals surface area contributed by atoms with Crippen LogP contribution in [0.4, 0.5) is 5.82 Å². The van der Waals surface area contributed by atoms with E-state index in [9.17, 15) is 4.79 Å². The second-order valence-electron chi connectivity index (χ2n) is 6.84. The summed E-state index contributed by atoms with van der Waals surface area (Å²) in [5.41, 5.74) is 2.16. The summed E-state index contributed by atoms with van der Waals surface area (Å²) in [6.45, 7) is 6.09. The summed E-state index contributed by atoms with van der Waals surface area (Å²) in [5.74, 6) is 1.91. The molecule has 0 spiro atoms. The molecule has 1 saturated heterocycles. The first-order chi connectivity index (χ1) is 13.2. The molecule has 4 rings (SSSR count). The molecule has 2 N–H and O–H groups in total. The van der Waals surface area contributed by atoms with E-state index >= 15 is 0 Å². The molecule has 142 valence electrons. The molecule has 27 heavy (non-hydrogen) atoms. The summed E-state index contributed by atoms with van der Waals surface area (Å²) >= 11 is 0. The number of aryl methyl sites for hydroxylation is 2. The number of fused-ring (bicyclic) bond motifs is 1. The van der Waals surface area contributed by atoms with Gasteiger partial charge in [-0.25, -0.2) is 19.9 Å². The molecule has 1 aliphatic rings. The Morgan fingerprint density at radius 2 is 2.30 bits per heavy atom. The molecule has 1 amide bonds. The molecular formula is C18H23N7O2. The lowest BCUT2D eigenvalue weighted by Gasteiger charge is -2.33. The first-order valence-electron chi connectivity index (χ1n) is 9.29. The minimum absolute atomic E-state index is 0.199. The van der Waals surface area contributed by atoms with E-state index in [0.29, 0.717) is 41.9 Å². The number of carbonyl (C=O) groups is 1. The predicted octanol–water partition coefficient (Wildman–Crippen LogP) is 1.86. The Morgan fingerprint density at radius 1 is 1.41 bits per heavy atom. The van der Waals surface area contributed by atoms with Crippen molar-refractivity contribution >= 4 is 22.9 Å². The highest BCUT2D eigenvalue weighted by Gasteiger charge is 2.24. The Balaban J connectivity index is 1.41. The van der Waals surface area contributed by atoms with Crippen LogP contribution in [0.15, 0.2) is 17.1 Å². The van der Waals surface area contributed by atoms with Gasteiger partial charge in [-0.05, 0) is 25.7 Å². The van der Waals surface area contributed by atoms with Crippen molar-refractivity contribution in [2.75, 3.05) is 24.5 Å². The normalized spacial score (nSPS) is 17.4. The summed E-state index contributed by atoms with van der Waals surface area (Å²) < 4.78 is 5.53. The summed E-state index contributed by atoms with van der Waals surface area (Å²) in [6.07, 6.45) is 5.95. The number of aromatic nitrogens is 5. The highest BCUT2D eigenvalue weighted by Crippen LogP contribution is 2.25. The number of nitrogens with zero attached hydrogens (tertiary/aromatic N) is 5. The van der Waals surface area contributed by atoms with E-state index in [-0.39, 0.29) is 5.91 Å². The molecule has 1 aliphatic heterocycles. The van der Waals surface area contributed by atoms with Crippen LogP contribution in [0, 0.1) is 12.8 Å². The van der Waals surface area contributed by atoms with Gasteiger partial charge >= 0.3 is 0 Å².